The molecule has 126 valence electrons. The van der Waals surface area contributed by atoms with Gasteiger partial charge in [-0.15, -0.1) is 0 Å². The van der Waals surface area contributed by atoms with Crippen molar-refractivity contribution in [3.8, 4) is 0 Å². The second kappa shape index (κ2) is 7.59. The third-order valence-electron chi connectivity index (χ3n) is 4.55. The number of rotatable bonds is 6. The molecule has 1 unspecified atom stereocenters. The van der Waals surface area contributed by atoms with Crippen molar-refractivity contribution in [1.29, 1.82) is 0 Å². The smallest absolute Gasteiger partial charge is 0.313 e. The van der Waals surface area contributed by atoms with Crippen LogP contribution in [0.25, 0.3) is 0 Å². The van der Waals surface area contributed by atoms with Crippen LogP contribution in [0, 0.1) is 12.3 Å². The summed E-state index contributed by atoms with van der Waals surface area (Å²) in [5, 5.41) is 9.54. The molecule has 1 amide bonds. The second-order valence-corrected chi connectivity index (χ2v) is 6.42. The van der Waals surface area contributed by atoms with Gasteiger partial charge in [-0.25, -0.2) is 0 Å². The summed E-state index contributed by atoms with van der Waals surface area (Å²) < 4.78 is 5.10. The third-order valence-corrected chi connectivity index (χ3v) is 4.55. The number of hydrogen-bond donors (Lipinski definition) is 1. The zero-order chi connectivity index (χ0) is 16.9. The Labute approximate surface area is 137 Å². The maximum atomic E-state index is 12.4. The molecule has 1 fully saturated rings. The zero-order valence-corrected chi connectivity index (χ0v) is 13.9. The van der Waals surface area contributed by atoms with Crippen LogP contribution in [0.15, 0.2) is 24.3 Å². The van der Waals surface area contributed by atoms with Crippen molar-refractivity contribution < 1.29 is 19.4 Å². The maximum Gasteiger partial charge on any atom is 0.313 e. The van der Waals surface area contributed by atoms with Gasteiger partial charge in [0.25, 0.3) is 0 Å². The fraction of sp³-hybridized carbons (Fsp3) is 0.556. The number of aliphatic carboxylic acids is 1. The average molecular weight is 319 g/mol. The van der Waals surface area contributed by atoms with Crippen molar-refractivity contribution in [2.45, 2.75) is 32.6 Å². The molecule has 1 aromatic carbocycles. The molecule has 0 bridgehead atoms. The van der Waals surface area contributed by atoms with Crippen LogP contribution >= 0.6 is 0 Å². The lowest BCUT2D eigenvalue weighted by Crippen LogP contribution is -2.52. The summed E-state index contributed by atoms with van der Waals surface area (Å²) in [6, 6.07) is 8.14. The van der Waals surface area contributed by atoms with Crippen molar-refractivity contribution in [2.75, 3.05) is 26.8 Å². The van der Waals surface area contributed by atoms with Gasteiger partial charge in [-0.3, -0.25) is 9.59 Å². The van der Waals surface area contributed by atoms with Crippen LogP contribution in [0.4, 0.5) is 0 Å². The van der Waals surface area contributed by atoms with Crippen molar-refractivity contribution >= 4 is 11.9 Å². The summed E-state index contributed by atoms with van der Waals surface area (Å²) in [5.41, 5.74) is 1.36. The molecule has 1 aliphatic rings. The van der Waals surface area contributed by atoms with E-state index in [2.05, 4.69) is 0 Å². The van der Waals surface area contributed by atoms with Gasteiger partial charge in [-0.05, 0) is 31.7 Å². The Kier molecular flexibility index (Phi) is 5.77. The summed E-state index contributed by atoms with van der Waals surface area (Å²) in [6.45, 7) is 3.04. The fourth-order valence-corrected chi connectivity index (χ4v) is 3.14. The SMILES string of the molecule is COCC1(C(=O)O)CCCN(C(=O)CCc2ccc(C)cc2)C1. The highest BCUT2D eigenvalue weighted by molar-refractivity contribution is 5.80. The Morgan fingerprint density at radius 2 is 2.00 bits per heavy atom. The molecule has 0 saturated carbocycles. The number of nitrogens with zero attached hydrogens (tertiary/aromatic N) is 1. The number of hydrogen-bond acceptors (Lipinski definition) is 3. The molecule has 0 aromatic heterocycles. The van der Waals surface area contributed by atoms with Crippen LogP contribution < -0.4 is 0 Å². The van der Waals surface area contributed by atoms with Gasteiger partial charge in [0.1, 0.15) is 5.41 Å². The Morgan fingerprint density at radius 3 is 2.61 bits per heavy atom. The van der Waals surface area contributed by atoms with E-state index in [0.29, 0.717) is 32.2 Å². The van der Waals surface area contributed by atoms with Gasteiger partial charge in [-0.1, -0.05) is 29.8 Å². The molecule has 1 aromatic rings. The van der Waals surface area contributed by atoms with E-state index in [1.165, 1.54) is 12.7 Å². The highest BCUT2D eigenvalue weighted by Crippen LogP contribution is 2.31. The zero-order valence-electron chi connectivity index (χ0n) is 13.9. The van der Waals surface area contributed by atoms with E-state index < -0.39 is 11.4 Å². The maximum absolute atomic E-state index is 12.4. The molecule has 1 atom stereocenters. The fourth-order valence-electron chi connectivity index (χ4n) is 3.14. The van der Waals surface area contributed by atoms with Gasteiger partial charge < -0.3 is 14.7 Å². The van der Waals surface area contributed by atoms with Crippen LogP contribution in [0.5, 0.6) is 0 Å². The van der Waals surface area contributed by atoms with Crippen LogP contribution in [0.2, 0.25) is 0 Å². The Morgan fingerprint density at radius 1 is 1.30 bits per heavy atom. The number of piperidine rings is 1. The van der Waals surface area contributed by atoms with Gasteiger partial charge in [0.05, 0.1) is 6.61 Å². The summed E-state index contributed by atoms with van der Waals surface area (Å²) in [4.78, 5) is 25.8. The monoisotopic (exact) mass is 319 g/mol. The Hall–Kier alpha value is -1.88. The molecule has 0 radical (unpaired) electrons. The largest absolute Gasteiger partial charge is 0.481 e. The average Bonchev–Trinajstić information content (AvgIpc) is 2.54. The minimum absolute atomic E-state index is 0.0204. The van der Waals surface area contributed by atoms with Crippen LogP contribution in [-0.4, -0.2) is 48.7 Å². The highest BCUT2D eigenvalue weighted by atomic mass is 16.5. The van der Waals surface area contributed by atoms with E-state index >= 15 is 0 Å². The summed E-state index contributed by atoms with van der Waals surface area (Å²) in [7, 11) is 1.50. The van der Waals surface area contributed by atoms with Gasteiger partial charge in [0.2, 0.25) is 5.91 Å². The third kappa shape index (κ3) is 4.32. The number of carbonyl (C=O) groups excluding carboxylic acids is 1. The van der Waals surface area contributed by atoms with E-state index in [1.807, 2.05) is 31.2 Å². The van der Waals surface area contributed by atoms with Crippen molar-refractivity contribution in [1.82, 2.24) is 4.90 Å². The van der Waals surface area contributed by atoms with E-state index in [4.69, 9.17) is 4.74 Å². The van der Waals surface area contributed by atoms with Gasteiger partial charge >= 0.3 is 5.97 Å². The molecular weight excluding hydrogens is 294 g/mol. The Bertz CT molecular complexity index is 551. The molecule has 1 aliphatic heterocycles. The van der Waals surface area contributed by atoms with E-state index in [1.54, 1.807) is 4.90 Å². The van der Waals surface area contributed by atoms with Crippen molar-refractivity contribution in [3.63, 3.8) is 0 Å². The lowest BCUT2D eigenvalue weighted by atomic mass is 9.80. The standard InChI is InChI=1S/C18H25NO4/c1-14-4-6-15(7-5-14)8-9-16(20)19-11-3-10-18(12-19,13-23-2)17(21)22/h4-7H,3,8-13H2,1-2H3,(H,21,22). The highest BCUT2D eigenvalue weighted by Gasteiger charge is 2.43. The summed E-state index contributed by atoms with van der Waals surface area (Å²) in [6.07, 6.45) is 2.34. The molecule has 1 heterocycles. The first kappa shape index (κ1) is 17.5. The van der Waals surface area contributed by atoms with Crippen LogP contribution in [0.3, 0.4) is 0 Å². The molecular formula is C18H25NO4. The van der Waals surface area contributed by atoms with E-state index in [0.717, 1.165) is 5.56 Å². The predicted octanol–water partition coefficient (Wildman–Crippen LogP) is 2.27. The first-order chi connectivity index (χ1) is 11.0. The number of carboxylic acids is 1. The molecule has 2 rings (SSSR count). The van der Waals surface area contributed by atoms with Crippen molar-refractivity contribution in [3.05, 3.63) is 35.4 Å². The first-order valence-electron chi connectivity index (χ1n) is 8.02. The minimum atomic E-state index is -0.966. The van der Waals surface area contributed by atoms with E-state index in [9.17, 15) is 14.7 Å². The van der Waals surface area contributed by atoms with Crippen LogP contribution in [0.1, 0.15) is 30.4 Å². The van der Waals surface area contributed by atoms with Gasteiger partial charge in [-0.2, -0.15) is 0 Å². The topological polar surface area (TPSA) is 66.8 Å². The number of amides is 1. The van der Waals surface area contributed by atoms with Gasteiger partial charge in [0.15, 0.2) is 0 Å². The number of benzene rings is 1. The summed E-state index contributed by atoms with van der Waals surface area (Å²) in [5.74, 6) is -0.859. The van der Waals surface area contributed by atoms with Crippen LogP contribution in [-0.2, 0) is 20.7 Å². The molecule has 0 spiro atoms. The molecule has 1 N–H and O–H groups in total. The number of carbonyl (C=O) groups is 2. The quantitative estimate of drug-likeness (QED) is 0.873. The lowest BCUT2D eigenvalue weighted by molar-refractivity contribution is -0.159. The molecule has 23 heavy (non-hydrogen) atoms. The lowest BCUT2D eigenvalue weighted by Gasteiger charge is -2.39. The second-order valence-electron chi connectivity index (χ2n) is 6.42. The number of likely N-dealkylation sites (tertiary alicyclic amines) is 1. The number of ether oxygens (including phenoxy) is 1. The minimum Gasteiger partial charge on any atom is -0.481 e. The normalized spacial score (nSPS) is 21.2. The van der Waals surface area contributed by atoms with Crippen molar-refractivity contribution in [2.24, 2.45) is 5.41 Å². The van der Waals surface area contributed by atoms with E-state index in [-0.39, 0.29) is 19.1 Å². The molecule has 0 aliphatic carbocycles. The summed E-state index contributed by atoms with van der Waals surface area (Å²) >= 11 is 0. The molecule has 1 saturated heterocycles. The molecule has 5 heteroatoms. The number of carboxylic acid groups (broad SMARTS) is 1. The Balaban J connectivity index is 1.96. The van der Waals surface area contributed by atoms with Gasteiger partial charge in [0, 0.05) is 26.6 Å². The number of aryl methyl sites for hydroxylation is 2. The predicted molar refractivity (Wildman–Crippen MR) is 87.3 cm³/mol. The number of methoxy groups -OCH3 is 1. The first-order valence-corrected chi connectivity index (χ1v) is 8.02. The molecule has 5 nitrogen and oxygen atoms in total.